The van der Waals surface area contributed by atoms with Crippen LogP contribution in [0.5, 0.6) is 5.75 Å². The van der Waals surface area contributed by atoms with Gasteiger partial charge in [-0.3, -0.25) is 0 Å². The zero-order valence-corrected chi connectivity index (χ0v) is 11.5. The zero-order valence-electron chi connectivity index (χ0n) is 9.90. The summed E-state index contributed by atoms with van der Waals surface area (Å²) < 4.78 is 6.65. The first-order valence-electron chi connectivity index (χ1n) is 5.47. The Bertz CT molecular complexity index is 511. The van der Waals surface area contributed by atoms with Crippen LogP contribution in [0.2, 0.25) is 0 Å². The lowest BCUT2D eigenvalue weighted by atomic mass is 10.2. The highest BCUT2D eigenvalue weighted by atomic mass is 79.9. The number of rotatable bonds is 3. The van der Waals surface area contributed by atoms with E-state index in [1.54, 1.807) is 0 Å². The van der Waals surface area contributed by atoms with Crippen LogP contribution in [0.4, 0.5) is 0 Å². The van der Waals surface area contributed by atoms with E-state index in [2.05, 4.69) is 33.0 Å². The van der Waals surface area contributed by atoms with Gasteiger partial charge in [-0.25, -0.2) is 4.98 Å². The summed E-state index contributed by atoms with van der Waals surface area (Å²) in [4.78, 5) is 4.38. The van der Waals surface area contributed by atoms with Crippen molar-refractivity contribution in [1.29, 1.82) is 0 Å². The molecule has 88 valence electrons. The zero-order chi connectivity index (χ0) is 12.3. The van der Waals surface area contributed by atoms with E-state index < -0.39 is 0 Å². The molecule has 0 amide bonds. The minimum atomic E-state index is 0.574. The number of benzene rings is 1. The van der Waals surface area contributed by atoms with Gasteiger partial charge in [0.05, 0.1) is 5.69 Å². The van der Waals surface area contributed by atoms with Crippen LogP contribution in [0.15, 0.2) is 41.0 Å². The Morgan fingerprint density at radius 2 is 1.88 bits per heavy atom. The van der Waals surface area contributed by atoms with Crippen LogP contribution in [0, 0.1) is 13.8 Å². The highest BCUT2D eigenvalue weighted by Gasteiger charge is 2.05. The molecule has 3 heteroatoms. The first kappa shape index (κ1) is 12.1. The standard InChI is InChI=1S/C14H14BrNO/c1-10-8-13(11(2)16-14(10)15)17-9-12-6-4-3-5-7-12/h3-8H,9H2,1-2H3. The molecule has 0 radical (unpaired) electrons. The minimum absolute atomic E-state index is 0.574. The van der Waals surface area contributed by atoms with Crippen molar-refractivity contribution < 1.29 is 4.74 Å². The van der Waals surface area contributed by atoms with Crippen LogP contribution in [-0.2, 0) is 6.61 Å². The molecule has 2 rings (SSSR count). The summed E-state index contributed by atoms with van der Waals surface area (Å²) >= 11 is 3.41. The third kappa shape index (κ3) is 3.07. The van der Waals surface area contributed by atoms with Crippen molar-refractivity contribution in [2.75, 3.05) is 0 Å². The molecule has 0 aliphatic rings. The first-order valence-corrected chi connectivity index (χ1v) is 6.26. The average Bonchev–Trinajstić information content (AvgIpc) is 2.33. The molecule has 0 N–H and O–H groups in total. The smallest absolute Gasteiger partial charge is 0.141 e. The maximum Gasteiger partial charge on any atom is 0.141 e. The monoisotopic (exact) mass is 291 g/mol. The van der Waals surface area contributed by atoms with Gasteiger partial charge >= 0.3 is 0 Å². The predicted molar refractivity (Wildman–Crippen MR) is 72.2 cm³/mol. The van der Waals surface area contributed by atoms with Crippen molar-refractivity contribution in [2.24, 2.45) is 0 Å². The minimum Gasteiger partial charge on any atom is -0.487 e. The van der Waals surface area contributed by atoms with Crippen LogP contribution >= 0.6 is 15.9 Å². The first-order chi connectivity index (χ1) is 8.16. The van der Waals surface area contributed by atoms with Crippen molar-refractivity contribution in [3.8, 4) is 5.75 Å². The second kappa shape index (κ2) is 5.32. The van der Waals surface area contributed by atoms with Gasteiger partial charge in [0.25, 0.3) is 0 Å². The van der Waals surface area contributed by atoms with Crippen LogP contribution in [0.1, 0.15) is 16.8 Å². The number of nitrogens with zero attached hydrogens (tertiary/aromatic N) is 1. The molecule has 17 heavy (non-hydrogen) atoms. The molecular weight excluding hydrogens is 278 g/mol. The summed E-state index contributed by atoms with van der Waals surface area (Å²) in [5, 5.41) is 0. The number of aryl methyl sites for hydroxylation is 2. The Balaban J connectivity index is 2.12. The van der Waals surface area contributed by atoms with E-state index in [0.717, 1.165) is 27.2 Å². The lowest BCUT2D eigenvalue weighted by Gasteiger charge is -2.10. The fraction of sp³-hybridized carbons (Fsp3) is 0.214. The molecule has 0 bridgehead atoms. The van der Waals surface area contributed by atoms with Crippen molar-refractivity contribution in [1.82, 2.24) is 4.98 Å². The Hall–Kier alpha value is -1.35. The van der Waals surface area contributed by atoms with Crippen molar-refractivity contribution in [2.45, 2.75) is 20.5 Å². The maximum atomic E-state index is 5.78. The van der Waals surface area contributed by atoms with Crippen molar-refractivity contribution in [3.05, 3.63) is 57.8 Å². The number of aromatic nitrogens is 1. The van der Waals surface area contributed by atoms with E-state index in [4.69, 9.17) is 4.74 Å². The molecule has 1 aromatic heterocycles. The average molecular weight is 292 g/mol. The second-order valence-electron chi connectivity index (χ2n) is 3.95. The molecule has 1 heterocycles. The lowest BCUT2D eigenvalue weighted by Crippen LogP contribution is -1.99. The third-order valence-electron chi connectivity index (χ3n) is 2.53. The number of hydrogen-bond donors (Lipinski definition) is 0. The Labute approximate surface area is 110 Å². The normalized spacial score (nSPS) is 10.3. The maximum absolute atomic E-state index is 5.78. The Morgan fingerprint density at radius 1 is 1.18 bits per heavy atom. The summed E-state index contributed by atoms with van der Waals surface area (Å²) in [5.74, 6) is 0.842. The highest BCUT2D eigenvalue weighted by molar-refractivity contribution is 9.10. The van der Waals surface area contributed by atoms with E-state index in [1.807, 2.05) is 38.1 Å². The van der Waals surface area contributed by atoms with Crippen LogP contribution < -0.4 is 4.74 Å². The molecule has 0 aliphatic heterocycles. The third-order valence-corrected chi connectivity index (χ3v) is 3.34. The van der Waals surface area contributed by atoms with Gasteiger partial charge in [-0.15, -0.1) is 0 Å². The van der Waals surface area contributed by atoms with Gasteiger partial charge in [0.15, 0.2) is 0 Å². The van der Waals surface area contributed by atoms with Gasteiger partial charge in [0, 0.05) is 0 Å². The van der Waals surface area contributed by atoms with Crippen LogP contribution in [0.25, 0.3) is 0 Å². The lowest BCUT2D eigenvalue weighted by molar-refractivity contribution is 0.302. The van der Waals surface area contributed by atoms with E-state index >= 15 is 0 Å². The van der Waals surface area contributed by atoms with Gasteiger partial charge in [-0.05, 0) is 47.0 Å². The molecule has 0 fully saturated rings. The van der Waals surface area contributed by atoms with Gasteiger partial charge in [0.2, 0.25) is 0 Å². The summed E-state index contributed by atoms with van der Waals surface area (Å²) in [7, 11) is 0. The molecular formula is C14H14BrNO. The molecule has 0 unspecified atom stereocenters. The SMILES string of the molecule is Cc1cc(OCc2ccccc2)c(C)nc1Br. The van der Waals surface area contributed by atoms with Gasteiger partial charge in [-0.1, -0.05) is 30.3 Å². The number of halogens is 1. The largest absolute Gasteiger partial charge is 0.487 e. The number of ether oxygens (including phenoxy) is 1. The molecule has 1 aromatic carbocycles. The van der Waals surface area contributed by atoms with Gasteiger partial charge in [-0.2, -0.15) is 0 Å². The topological polar surface area (TPSA) is 22.1 Å². The van der Waals surface area contributed by atoms with E-state index in [1.165, 1.54) is 0 Å². The number of pyridine rings is 1. The van der Waals surface area contributed by atoms with Crippen LogP contribution in [-0.4, -0.2) is 4.98 Å². The molecule has 2 nitrogen and oxygen atoms in total. The van der Waals surface area contributed by atoms with E-state index in [-0.39, 0.29) is 0 Å². The van der Waals surface area contributed by atoms with E-state index in [9.17, 15) is 0 Å². The molecule has 0 atom stereocenters. The number of hydrogen-bond acceptors (Lipinski definition) is 2. The van der Waals surface area contributed by atoms with Crippen molar-refractivity contribution in [3.63, 3.8) is 0 Å². The Morgan fingerprint density at radius 3 is 2.59 bits per heavy atom. The Kier molecular flexibility index (Phi) is 3.79. The molecule has 0 saturated heterocycles. The summed E-state index contributed by atoms with van der Waals surface area (Å²) in [6.45, 7) is 4.53. The highest BCUT2D eigenvalue weighted by Crippen LogP contribution is 2.23. The van der Waals surface area contributed by atoms with Gasteiger partial charge < -0.3 is 4.74 Å². The molecule has 0 aliphatic carbocycles. The molecule has 2 aromatic rings. The molecule has 0 saturated carbocycles. The summed E-state index contributed by atoms with van der Waals surface area (Å²) in [6.07, 6.45) is 0. The fourth-order valence-electron chi connectivity index (χ4n) is 1.53. The quantitative estimate of drug-likeness (QED) is 0.796. The van der Waals surface area contributed by atoms with E-state index in [0.29, 0.717) is 6.61 Å². The van der Waals surface area contributed by atoms with Crippen LogP contribution in [0.3, 0.4) is 0 Å². The summed E-state index contributed by atoms with van der Waals surface area (Å²) in [6, 6.07) is 12.1. The summed E-state index contributed by atoms with van der Waals surface area (Å²) in [5.41, 5.74) is 3.14. The van der Waals surface area contributed by atoms with Gasteiger partial charge in [0.1, 0.15) is 17.0 Å². The fourth-order valence-corrected chi connectivity index (χ4v) is 1.91. The van der Waals surface area contributed by atoms with Crippen molar-refractivity contribution >= 4 is 15.9 Å². The predicted octanol–water partition coefficient (Wildman–Crippen LogP) is 4.04. The second-order valence-corrected chi connectivity index (χ2v) is 4.71. The molecule has 0 spiro atoms.